The maximum absolute atomic E-state index is 11.7. The molecule has 4 unspecified atom stereocenters. The van der Waals surface area contributed by atoms with Crippen molar-refractivity contribution in [2.45, 2.75) is 19.8 Å². The molecule has 0 amide bonds. The Labute approximate surface area is 88.9 Å². The Bertz CT molecular complexity index is 312. The van der Waals surface area contributed by atoms with E-state index in [2.05, 4.69) is 0 Å². The topological polar surface area (TPSA) is 52.6 Å². The summed E-state index contributed by atoms with van der Waals surface area (Å²) in [5.74, 6) is 0.0213. The average molecular weight is 212 g/mol. The van der Waals surface area contributed by atoms with Crippen molar-refractivity contribution in [3.05, 3.63) is 0 Å². The highest BCUT2D eigenvalue weighted by atomic mass is 16.5. The molecule has 84 valence electrons. The van der Waals surface area contributed by atoms with Crippen molar-refractivity contribution < 1.29 is 19.1 Å². The monoisotopic (exact) mass is 212 g/mol. The van der Waals surface area contributed by atoms with Gasteiger partial charge in [-0.25, -0.2) is 0 Å². The Morgan fingerprint density at radius 3 is 2.47 bits per heavy atom. The lowest BCUT2D eigenvalue weighted by atomic mass is 9.83. The van der Waals surface area contributed by atoms with E-state index in [0.29, 0.717) is 5.92 Å². The number of rotatable bonds is 2. The fourth-order valence-electron chi connectivity index (χ4n) is 3.16. The first kappa shape index (κ1) is 10.5. The molecule has 0 aromatic rings. The molecule has 0 bridgehead atoms. The highest BCUT2D eigenvalue weighted by molar-refractivity contribution is 5.83. The molecular formula is C11H16O4. The molecule has 0 aromatic heterocycles. The van der Waals surface area contributed by atoms with Crippen LogP contribution in [-0.2, 0) is 19.1 Å². The third-order valence-corrected chi connectivity index (χ3v) is 4.03. The predicted octanol–water partition coefficient (Wildman–Crippen LogP) is 0.995. The minimum Gasteiger partial charge on any atom is -0.469 e. The van der Waals surface area contributed by atoms with Gasteiger partial charge in [-0.3, -0.25) is 9.59 Å². The Hall–Kier alpha value is -1.06. The van der Waals surface area contributed by atoms with Crippen LogP contribution in [0.25, 0.3) is 0 Å². The van der Waals surface area contributed by atoms with Gasteiger partial charge in [-0.15, -0.1) is 0 Å². The smallest absolute Gasteiger partial charge is 0.311 e. The van der Waals surface area contributed by atoms with E-state index in [-0.39, 0.29) is 23.8 Å². The van der Waals surface area contributed by atoms with E-state index < -0.39 is 5.41 Å². The summed E-state index contributed by atoms with van der Waals surface area (Å²) in [6.45, 7) is 1.90. The van der Waals surface area contributed by atoms with Gasteiger partial charge in [0.2, 0.25) is 0 Å². The molecule has 2 rings (SSSR count). The molecule has 0 heterocycles. The number of ether oxygens (including phenoxy) is 2. The largest absolute Gasteiger partial charge is 0.469 e. The number of hydrogen-bond donors (Lipinski definition) is 0. The van der Waals surface area contributed by atoms with Crippen molar-refractivity contribution in [3.63, 3.8) is 0 Å². The molecule has 0 N–H and O–H groups in total. The van der Waals surface area contributed by atoms with Crippen molar-refractivity contribution in [2.75, 3.05) is 14.2 Å². The standard InChI is InChI=1S/C11H16O4/c1-11(10(13)15-3)5-4-6-7(8(6)11)9(12)14-2/h6-8H,4-5H2,1-3H3. The quantitative estimate of drug-likeness (QED) is 0.641. The molecule has 0 aliphatic heterocycles. The van der Waals surface area contributed by atoms with Gasteiger partial charge in [0, 0.05) is 0 Å². The van der Waals surface area contributed by atoms with E-state index >= 15 is 0 Å². The molecule has 4 heteroatoms. The number of esters is 2. The zero-order valence-corrected chi connectivity index (χ0v) is 9.28. The highest BCUT2D eigenvalue weighted by Gasteiger charge is 2.69. The fraction of sp³-hybridized carbons (Fsp3) is 0.818. The van der Waals surface area contributed by atoms with Crippen LogP contribution in [0.15, 0.2) is 0 Å². The van der Waals surface area contributed by atoms with E-state index in [1.165, 1.54) is 14.2 Å². The van der Waals surface area contributed by atoms with Crippen molar-refractivity contribution in [3.8, 4) is 0 Å². The molecule has 2 fully saturated rings. The Morgan fingerprint density at radius 2 is 1.93 bits per heavy atom. The van der Waals surface area contributed by atoms with Crippen molar-refractivity contribution in [1.29, 1.82) is 0 Å². The second-order valence-corrected chi connectivity index (χ2v) is 4.69. The molecule has 15 heavy (non-hydrogen) atoms. The van der Waals surface area contributed by atoms with Gasteiger partial charge in [0.1, 0.15) is 0 Å². The molecule has 0 aromatic carbocycles. The Kier molecular flexibility index (Phi) is 2.24. The summed E-state index contributed by atoms with van der Waals surface area (Å²) in [4.78, 5) is 23.1. The first-order valence-corrected chi connectivity index (χ1v) is 5.22. The summed E-state index contributed by atoms with van der Waals surface area (Å²) in [6.07, 6.45) is 1.75. The molecule has 2 aliphatic carbocycles. The van der Waals surface area contributed by atoms with Gasteiger partial charge < -0.3 is 9.47 Å². The van der Waals surface area contributed by atoms with Crippen LogP contribution in [0.2, 0.25) is 0 Å². The molecule has 0 radical (unpaired) electrons. The van der Waals surface area contributed by atoms with Crippen LogP contribution in [-0.4, -0.2) is 26.2 Å². The summed E-state index contributed by atoms with van der Waals surface area (Å²) in [7, 11) is 2.79. The third-order valence-electron chi connectivity index (χ3n) is 4.03. The highest BCUT2D eigenvalue weighted by Crippen LogP contribution is 2.66. The number of fused-ring (bicyclic) bond motifs is 1. The number of carbonyl (C=O) groups is 2. The van der Waals surface area contributed by atoms with Crippen LogP contribution >= 0.6 is 0 Å². The Morgan fingerprint density at radius 1 is 1.27 bits per heavy atom. The lowest BCUT2D eigenvalue weighted by Gasteiger charge is -2.23. The van der Waals surface area contributed by atoms with E-state index in [1.807, 2.05) is 6.92 Å². The van der Waals surface area contributed by atoms with Crippen molar-refractivity contribution in [2.24, 2.45) is 23.2 Å². The van der Waals surface area contributed by atoms with Gasteiger partial charge in [0.25, 0.3) is 0 Å². The predicted molar refractivity (Wildman–Crippen MR) is 51.8 cm³/mol. The normalized spacial score (nSPS) is 41.9. The zero-order chi connectivity index (χ0) is 11.2. The number of hydrogen-bond acceptors (Lipinski definition) is 4. The van der Waals surface area contributed by atoms with Gasteiger partial charge >= 0.3 is 11.9 Å². The van der Waals surface area contributed by atoms with Crippen LogP contribution in [0.5, 0.6) is 0 Å². The van der Waals surface area contributed by atoms with Crippen LogP contribution in [0.1, 0.15) is 19.8 Å². The molecule has 4 nitrogen and oxygen atoms in total. The maximum atomic E-state index is 11.7. The van der Waals surface area contributed by atoms with Crippen LogP contribution in [0, 0.1) is 23.2 Å². The van der Waals surface area contributed by atoms with Gasteiger partial charge in [0.15, 0.2) is 0 Å². The van der Waals surface area contributed by atoms with Crippen molar-refractivity contribution in [1.82, 2.24) is 0 Å². The lowest BCUT2D eigenvalue weighted by Crippen LogP contribution is -2.31. The van der Waals surface area contributed by atoms with E-state index in [4.69, 9.17) is 9.47 Å². The first-order chi connectivity index (χ1) is 7.06. The van der Waals surface area contributed by atoms with Gasteiger partial charge in [0.05, 0.1) is 25.6 Å². The molecule has 0 spiro atoms. The summed E-state index contributed by atoms with van der Waals surface area (Å²) in [6, 6.07) is 0. The zero-order valence-electron chi connectivity index (χ0n) is 9.28. The fourth-order valence-corrected chi connectivity index (χ4v) is 3.16. The Balaban J connectivity index is 2.13. The van der Waals surface area contributed by atoms with Crippen LogP contribution in [0.3, 0.4) is 0 Å². The number of methoxy groups -OCH3 is 2. The summed E-state index contributed by atoms with van der Waals surface area (Å²) < 4.78 is 9.53. The minimum atomic E-state index is -0.474. The van der Waals surface area contributed by atoms with Gasteiger partial charge in [-0.1, -0.05) is 0 Å². The van der Waals surface area contributed by atoms with Gasteiger partial charge in [-0.05, 0) is 31.6 Å². The summed E-state index contributed by atoms with van der Waals surface area (Å²) >= 11 is 0. The second kappa shape index (κ2) is 3.22. The molecule has 4 atom stereocenters. The third kappa shape index (κ3) is 1.27. The van der Waals surface area contributed by atoms with Crippen LogP contribution in [0.4, 0.5) is 0 Å². The summed E-state index contributed by atoms with van der Waals surface area (Å²) in [5, 5.41) is 0. The molecule has 2 aliphatic rings. The maximum Gasteiger partial charge on any atom is 0.311 e. The van der Waals surface area contributed by atoms with Crippen molar-refractivity contribution >= 4 is 11.9 Å². The number of carbonyl (C=O) groups excluding carboxylic acids is 2. The summed E-state index contributed by atoms with van der Waals surface area (Å²) in [5.41, 5.74) is -0.474. The molecule has 0 saturated heterocycles. The first-order valence-electron chi connectivity index (χ1n) is 5.22. The molecular weight excluding hydrogens is 196 g/mol. The van der Waals surface area contributed by atoms with E-state index in [0.717, 1.165) is 12.8 Å². The average Bonchev–Trinajstić information content (AvgIpc) is 2.89. The lowest BCUT2D eigenvalue weighted by molar-refractivity contribution is -0.154. The van der Waals surface area contributed by atoms with E-state index in [9.17, 15) is 9.59 Å². The minimum absolute atomic E-state index is 0.0761. The molecule has 2 saturated carbocycles. The van der Waals surface area contributed by atoms with Crippen LogP contribution < -0.4 is 0 Å². The second-order valence-electron chi connectivity index (χ2n) is 4.69. The SMILES string of the molecule is COC(=O)C1C2CCC(C)(C(=O)OC)C21. The van der Waals surface area contributed by atoms with E-state index in [1.54, 1.807) is 0 Å². The van der Waals surface area contributed by atoms with Gasteiger partial charge in [-0.2, -0.15) is 0 Å².